The summed E-state index contributed by atoms with van der Waals surface area (Å²) < 4.78 is 5.78. The van der Waals surface area contributed by atoms with Crippen molar-refractivity contribution in [3.8, 4) is 0 Å². The van der Waals surface area contributed by atoms with Crippen LogP contribution in [0.3, 0.4) is 0 Å². The van der Waals surface area contributed by atoms with Crippen LogP contribution < -0.4 is 0 Å². The van der Waals surface area contributed by atoms with Gasteiger partial charge in [-0.1, -0.05) is 12.8 Å². The number of amides is 1. The van der Waals surface area contributed by atoms with Crippen LogP contribution in [0.1, 0.15) is 58.3 Å². The highest BCUT2D eigenvalue weighted by atomic mass is 16.5. The summed E-state index contributed by atoms with van der Waals surface area (Å²) in [7, 11) is 0. The molecule has 1 heterocycles. The number of aliphatic hydroxyl groups excluding tert-OH is 1. The van der Waals surface area contributed by atoms with Crippen LogP contribution in [0.25, 0.3) is 0 Å². The van der Waals surface area contributed by atoms with E-state index >= 15 is 0 Å². The lowest BCUT2D eigenvalue weighted by molar-refractivity contribution is -0.210. The number of rotatable bonds is 4. The highest BCUT2D eigenvalue weighted by Gasteiger charge is 2.56. The van der Waals surface area contributed by atoms with Crippen molar-refractivity contribution in [2.45, 2.75) is 70.5 Å². The summed E-state index contributed by atoms with van der Waals surface area (Å²) in [6, 6.07) is 0. The van der Waals surface area contributed by atoms with E-state index in [-0.39, 0.29) is 17.6 Å². The van der Waals surface area contributed by atoms with Crippen LogP contribution in [0.2, 0.25) is 0 Å². The second-order valence-corrected chi connectivity index (χ2v) is 7.16. The van der Waals surface area contributed by atoms with Gasteiger partial charge in [0, 0.05) is 38.0 Å². The fraction of sp³-hybridized carbons (Fsp3) is 0.941. The molecule has 21 heavy (non-hydrogen) atoms. The van der Waals surface area contributed by atoms with Crippen LogP contribution in [-0.2, 0) is 9.53 Å². The van der Waals surface area contributed by atoms with Gasteiger partial charge in [0.2, 0.25) is 5.91 Å². The first kappa shape index (κ1) is 15.3. The minimum atomic E-state index is -0.235. The van der Waals surface area contributed by atoms with Gasteiger partial charge >= 0.3 is 0 Å². The Morgan fingerprint density at radius 2 is 1.95 bits per heavy atom. The number of likely N-dealkylation sites (tertiary alicyclic amines) is 1. The quantitative estimate of drug-likeness (QED) is 0.866. The van der Waals surface area contributed by atoms with Gasteiger partial charge in [0.25, 0.3) is 0 Å². The zero-order chi connectivity index (χ0) is 14.9. The first-order valence-electron chi connectivity index (χ1n) is 8.73. The van der Waals surface area contributed by atoms with Crippen molar-refractivity contribution in [3.63, 3.8) is 0 Å². The van der Waals surface area contributed by atoms with Crippen molar-refractivity contribution in [2.24, 2.45) is 11.3 Å². The molecule has 1 saturated heterocycles. The van der Waals surface area contributed by atoms with Crippen molar-refractivity contribution in [1.29, 1.82) is 0 Å². The largest absolute Gasteiger partial charge is 0.392 e. The molecule has 1 amide bonds. The van der Waals surface area contributed by atoms with E-state index in [0.717, 1.165) is 38.8 Å². The van der Waals surface area contributed by atoms with E-state index in [0.29, 0.717) is 18.4 Å². The van der Waals surface area contributed by atoms with E-state index in [2.05, 4.69) is 0 Å². The average Bonchev–Trinajstić information content (AvgIpc) is 3.00. The normalized spacial score (nSPS) is 32.4. The SMILES string of the molecule is CCO[C@H]1C[C@H](O)C12CCN(C(=O)CC1CCCC1)CC2. The molecule has 0 aromatic heterocycles. The number of ether oxygens (including phenoxy) is 1. The molecule has 120 valence electrons. The van der Waals surface area contributed by atoms with Crippen LogP contribution in [0.15, 0.2) is 0 Å². The minimum Gasteiger partial charge on any atom is -0.392 e. The number of piperidine rings is 1. The summed E-state index contributed by atoms with van der Waals surface area (Å²) in [6.07, 6.45) is 8.32. The van der Waals surface area contributed by atoms with E-state index in [1.54, 1.807) is 0 Å². The fourth-order valence-corrected chi connectivity index (χ4v) is 4.58. The van der Waals surface area contributed by atoms with E-state index in [9.17, 15) is 9.90 Å². The van der Waals surface area contributed by atoms with Crippen LogP contribution in [0.5, 0.6) is 0 Å². The molecule has 1 spiro atoms. The summed E-state index contributed by atoms with van der Waals surface area (Å²) >= 11 is 0. The van der Waals surface area contributed by atoms with Gasteiger partial charge in [0.1, 0.15) is 0 Å². The van der Waals surface area contributed by atoms with Crippen molar-refractivity contribution in [1.82, 2.24) is 4.90 Å². The third-order valence-corrected chi connectivity index (χ3v) is 6.10. The number of nitrogens with zero attached hydrogens (tertiary/aromatic N) is 1. The van der Waals surface area contributed by atoms with Crippen LogP contribution in [0.4, 0.5) is 0 Å². The second-order valence-electron chi connectivity index (χ2n) is 7.16. The number of hydrogen-bond acceptors (Lipinski definition) is 3. The smallest absolute Gasteiger partial charge is 0.222 e. The fourth-order valence-electron chi connectivity index (χ4n) is 4.58. The molecule has 4 heteroatoms. The Hall–Kier alpha value is -0.610. The molecule has 1 aliphatic heterocycles. The molecule has 0 aromatic rings. The summed E-state index contributed by atoms with van der Waals surface area (Å²) in [4.78, 5) is 14.4. The molecule has 3 aliphatic rings. The number of carbonyl (C=O) groups excluding carboxylic acids is 1. The number of carbonyl (C=O) groups is 1. The van der Waals surface area contributed by atoms with Crippen molar-refractivity contribution < 1.29 is 14.6 Å². The molecule has 0 aromatic carbocycles. The molecule has 2 saturated carbocycles. The lowest BCUT2D eigenvalue weighted by Gasteiger charge is -2.56. The van der Waals surface area contributed by atoms with Crippen molar-refractivity contribution >= 4 is 5.91 Å². The Kier molecular flexibility index (Phi) is 4.55. The average molecular weight is 295 g/mol. The van der Waals surface area contributed by atoms with Gasteiger partial charge in [-0.3, -0.25) is 4.79 Å². The highest BCUT2D eigenvalue weighted by Crippen LogP contribution is 2.51. The van der Waals surface area contributed by atoms with Gasteiger partial charge in [-0.05, 0) is 38.5 Å². The maximum absolute atomic E-state index is 12.4. The Balaban J connectivity index is 1.51. The van der Waals surface area contributed by atoms with E-state index in [4.69, 9.17) is 4.74 Å². The molecule has 0 bridgehead atoms. The summed E-state index contributed by atoms with van der Waals surface area (Å²) in [6.45, 7) is 4.32. The molecule has 3 fully saturated rings. The Morgan fingerprint density at radius 3 is 2.52 bits per heavy atom. The predicted molar refractivity (Wildman–Crippen MR) is 80.9 cm³/mol. The van der Waals surface area contributed by atoms with E-state index in [1.165, 1.54) is 25.7 Å². The molecule has 2 atom stereocenters. The molecule has 3 rings (SSSR count). The van der Waals surface area contributed by atoms with Crippen molar-refractivity contribution in [2.75, 3.05) is 19.7 Å². The first-order chi connectivity index (χ1) is 10.2. The molecule has 0 radical (unpaired) electrons. The van der Waals surface area contributed by atoms with Gasteiger partial charge < -0.3 is 14.7 Å². The molecule has 1 N–H and O–H groups in total. The zero-order valence-corrected chi connectivity index (χ0v) is 13.2. The first-order valence-corrected chi connectivity index (χ1v) is 8.73. The Labute approximate surface area is 127 Å². The highest BCUT2D eigenvalue weighted by molar-refractivity contribution is 5.76. The predicted octanol–water partition coefficient (Wildman–Crippen LogP) is 2.35. The third kappa shape index (κ3) is 2.85. The number of hydrogen-bond donors (Lipinski definition) is 1. The minimum absolute atomic E-state index is 0.0693. The van der Waals surface area contributed by atoms with E-state index in [1.807, 2.05) is 11.8 Å². The maximum atomic E-state index is 12.4. The van der Waals surface area contributed by atoms with Gasteiger partial charge in [-0.25, -0.2) is 0 Å². The second kappa shape index (κ2) is 6.25. The third-order valence-electron chi connectivity index (χ3n) is 6.10. The molecule has 4 nitrogen and oxygen atoms in total. The van der Waals surface area contributed by atoms with Crippen LogP contribution >= 0.6 is 0 Å². The van der Waals surface area contributed by atoms with Gasteiger partial charge in [-0.2, -0.15) is 0 Å². The monoisotopic (exact) mass is 295 g/mol. The van der Waals surface area contributed by atoms with Gasteiger partial charge in [-0.15, -0.1) is 0 Å². The van der Waals surface area contributed by atoms with Gasteiger partial charge in [0.05, 0.1) is 12.2 Å². The summed E-state index contributed by atoms with van der Waals surface area (Å²) in [5, 5.41) is 10.2. The van der Waals surface area contributed by atoms with Crippen molar-refractivity contribution in [3.05, 3.63) is 0 Å². The standard InChI is InChI=1S/C17H29NO3/c1-2-21-15-12-14(19)17(15)7-9-18(10-8-17)16(20)11-13-5-3-4-6-13/h13-15,19H,2-12H2,1H3/t14-,15-/m0/s1. The molecule has 0 unspecified atom stereocenters. The lowest BCUT2D eigenvalue weighted by atomic mass is 9.58. The van der Waals surface area contributed by atoms with Crippen LogP contribution in [0, 0.1) is 11.3 Å². The van der Waals surface area contributed by atoms with Crippen LogP contribution in [-0.4, -0.2) is 47.8 Å². The summed E-state index contributed by atoms with van der Waals surface area (Å²) in [5.74, 6) is 0.956. The Bertz CT molecular complexity index is 368. The van der Waals surface area contributed by atoms with Gasteiger partial charge in [0.15, 0.2) is 0 Å². The topological polar surface area (TPSA) is 49.8 Å². The molecular weight excluding hydrogens is 266 g/mol. The summed E-state index contributed by atoms with van der Waals surface area (Å²) in [5.41, 5.74) is -0.0693. The maximum Gasteiger partial charge on any atom is 0.222 e. The Morgan fingerprint density at radius 1 is 1.29 bits per heavy atom. The lowest BCUT2D eigenvalue weighted by Crippen LogP contribution is -2.62. The molecule has 2 aliphatic carbocycles. The van der Waals surface area contributed by atoms with E-state index < -0.39 is 0 Å². The number of aliphatic hydroxyl groups is 1. The zero-order valence-electron chi connectivity index (χ0n) is 13.2. The molecular formula is C17H29NO3.